The molecule has 3 N–H and O–H groups in total. The van der Waals surface area contributed by atoms with Crippen molar-refractivity contribution in [2.75, 3.05) is 33.3 Å². The number of likely N-dealkylation sites (N-methyl/N-ethyl adjacent to an activating group) is 1. The number of carboxylic acid groups (broad SMARTS) is 1. The molecule has 0 radical (unpaired) electrons. The van der Waals surface area contributed by atoms with Crippen molar-refractivity contribution < 1.29 is 24.2 Å². The number of nitrogens with zero attached hydrogens (tertiary/aromatic N) is 1. The zero-order chi connectivity index (χ0) is 15.0. The number of rotatable bonds is 6. The number of urea groups is 1. The molecule has 1 fully saturated rings. The Morgan fingerprint density at radius 1 is 1.30 bits per heavy atom. The van der Waals surface area contributed by atoms with Crippen molar-refractivity contribution in [2.45, 2.75) is 25.4 Å². The number of hydrogen-bond donors (Lipinski definition) is 3. The Morgan fingerprint density at radius 3 is 2.50 bits per heavy atom. The molecule has 0 bridgehead atoms. The number of nitrogens with one attached hydrogen (secondary N) is 2. The number of aliphatic carboxylic acids is 1. The molecule has 0 unspecified atom stereocenters. The minimum absolute atomic E-state index is 0.00246. The zero-order valence-electron chi connectivity index (χ0n) is 11.6. The lowest BCUT2D eigenvalue weighted by atomic mass is 10.1. The third-order valence-electron chi connectivity index (χ3n) is 3.08. The van der Waals surface area contributed by atoms with Crippen LogP contribution in [0.3, 0.4) is 0 Å². The molecule has 0 atom stereocenters. The van der Waals surface area contributed by atoms with Crippen molar-refractivity contribution >= 4 is 17.9 Å². The van der Waals surface area contributed by atoms with Gasteiger partial charge >= 0.3 is 12.0 Å². The highest BCUT2D eigenvalue weighted by Crippen LogP contribution is 2.13. The van der Waals surface area contributed by atoms with Crippen LogP contribution in [-0.2, 0) is 14.3 Å². The predicted molar refractivity (Wildman–Crippen MR) is 70.3 cm³/mol. The number of carbonyl (C=O) groups is 3. The van der Waals surface area contributed by atoms with Gasteiger partial charge in [0.05, 0.1) is 25.7 Å². The summed E-state index contributed by atoms with van der Waals surface area (Å²) < 4.78 is 5.43. The van der Waals surface area contributed by atoms with Gasteiger partial charge < -0.3 is 25.4 Å². The second kappa shape index (κ2) is 8.36. The summed E-state index contributed by atoms with van der Waals surface area (Å²) in [5, 5.41) is 13.5. The summed E-state index contributed by atoms with van der Waals surface area (Å²) in [6.45, 7) is 1.24. The van der Waals surface area contributed by atoms with Gasteiger partial charge in [0.1, 0.15) is 0 Å². The van der Waals surface area contributed by atoms with Gasteiger partial charge in [-0.1, -0.05) is 0 Å². The van der Waals surface area contributed by atoms with Gasteiger partial charge in [-0.25, -0.2) is 4.79 Å². The topological polar surface area (TPSA) is 108 Å². The number of carboxylic acids is 1. The van der Waals surface area contributed by atoms with Crippen molar-refractivity contribution in [2.24, 2.45) is 0 Å². The van der Waals surface area contributed by atoms with E-state index < -0.39 is 5.97 Å². The summed E-state index contributed by atoms with van der Waals surface area (Å²) in [7, 11) is 1.51. The van der Waals surface area contributed by atoms with Crippen LogP contribution in [-0.4, -0.2) is 67.3 Å². The number of amides is 3. The first-order valence-corrected chi connectivity index (χ1v) is 6.59. The average molecular weight is 287 g/mol. The van der Waals surface area contributed by atoms with E-state index >= 15 is 0 Å². The van der Waals surface area contributed by atoms with E-state index in [1.165, 1.54) is 7.05 Å². The first kappa shape index (κ1) is 16.2. The molecule has 0 aromatic heterocycles. The molecule has 8 heteroatoms. The van der Waals surface area contributed by atoms with Crippen molar-refractivity contribution in [1.82, 2.24) is 15.5 Å². The highest BCUT2D eigenvalue weighted by atomic mass is 16.5. The Morgan fingerprint density at radius 2 is 1.95 bits per heavy atom. The smallest absolute Gasteiger partial charge is 0.317 e. The van der Waals surface area contributed by atoms with Crippen molar-refractivity contribution in [1.29, 1.82) is 0 Å². The highest BCUT2D eigenvalue weighted by molar-refractivity contribution is 5.83. The minimum atomic E-state index is -0.879. The summed E-state index contributed by atoms with van der Waals surface area (Å²) in [5.74, 6) is -1.12. The van der Waals surface area contributed by atoms with Crippen LogP contribution >= 0.6 is 0 Å². The second-order valence-corrected chi connectivity index (χ2v) is 4.53. The lowest BCUT2D eigenvalue weighted by molar-refractivity contribution is -0.138. The van der Waals surface area contributed by atoms with Crippen LogP contribution < -0.4 is 10.6 Å². The van der Waals surface area contributed by atoms with Crippen molar-refractivity contribution in [3.63, 3.8) is 0 Å². The summed E-state index contributed by atoms with van der Waals surface area (Å²) in [6.07, 6.45) is 1.34. The number of carbonyl (C=O) groups excluding carboxylic acids is 2. The Balaban J connectivity index is 2.19. The fourth-order valence-corrected chi connectivity index (χ4v) is 1.89. The van der Waals surface area contributed by atoms with Gasteiger partial charge in [0.2, 0.25) is 5.91 Å². The normalized spacial score (nSPS) is 15.8. The van der Waals surface area contributed by atoms with Crippen LogP contribution in [0.1, 0.15) is 19.3 Å². The van der Waals surface area contributed by atoms with Crippen LogP contribution in [0.2, 0.25) is 0 Å². The largest absolute Gasteiger partial charge is 0.481 e. The van der Waals surface area contributed by atoms with E-state index in [1.807, 2.05) is 0 Å². The summed E-state index contributed by atoms with van der Waals surface area (Å²) >= 11 is 0. The van der Waals surface area contributed by atoms with E-state index in [1.54, 1.807) is 4.90 Å². The molecule has 1 rings (SSSR count). The van der Waals surface area contributed by atoms with Gasteiger partial charge in [-0.2, -0.15) is 0 Å². The first-order chi connectivity index (χ1) is 9.52. The number of likely N-dealkylation sites (tertiary alicyclic amines) is 1. The van der Waals surface area contributed by atoms with Crippen LogP contribution in [0.4, 0.5) is 4.79 Å². The molecule has 0 aromatic rings. The van der Waals surface area contributed by atoms with Crippen LogP contribution in [0.25, 0.3) is 0 Å². The van der Waals surface area contributed by atoms with E-state index in [2.05, 4.69) is 10.6 Å². The van der Waals surface area contributed by atoms with E-state index in [0.29, 0.717) is 25.9 Å². The molecule has 114 valence electrons. The molecule has 0 aliphatic carbocycles. The fourth-order valence-electron chi connectivity index (χ4n) is 1.89. The maximum absolute atomic E-state index is 11.7. The number of ether oxygens (including phenoxy) is 1. The lowest BCUT2D eigenvalue weighted by Gasteiger charge is -2.31. The summed E-state index contributed by atoms with van der Waals surface area (Å²) in [6, 6.07) is -0.266. The second-order valence-electron chi connectivity index (χ2n) is 4.53. The quantitative estimate of drug-likeness (QED) is 0.604. The summed E-state index contributed by atoms with van der Waals surface area (Å²) in [4.78, 5) is 34.7. The Bertz CT molecular complexity index is 353. The molecule has 3 amide bonds. The molecule has 1 aliphatic rings. The maximum atomic E-state index is 11.7. The Kier molecular flexibility index (Phi) is 6.78. The molecule has 1 saturated heterocycles. The SMILES string of the molecule is CNC(=O)CNC(=O)N1CCC(OCCC(=O)O)CC1. The van der Waals surface area contributed by atoms with Crippen molar-refractivity contribution in [3.8, 4) is 0 Å². The van der Waals surface area contributed by atoms with Gasteiger partial charge in [-0.05, 0) is 12.8 Å². The maximum Gasteiger partial charge on any atom is 0.317 e. The third-order valence-corrected chi connectivity index (χ3v) is 3.08. The molecule has 20 heavy (non-hydrogen) atoms. The van der Waals surface area contributed by atoms with E-state index in [4.69, 9.17) is 9.84 Å². The molecule has 0 spiro atoms. The van der Waals surface area contributed by atoms with E-state index in [-0.39, 0.29) is 37.6 Å². The van der Waals surface area contributed by atoms with Gasteiger partial charge in [0.25, 0.3) is 0 Å². The Labute approximate surface area is 117 Å². The Hall–Kier alpha value is -1.83. The minimum Gasteiger partial charge on any atom is -0.481 e. The molecule has 1 aliphatic heterocycles. The zero-order valence-corrected chi connectivity index (χ0v) is 11.6. The summed E-state index contributed by atoms with van der Waals surface area (Å²) in [5.41, 5.74) is 0. The molecular weight excluding hydrogens is 266 g/mol. The molecule has 0 saturated carbocycles. The van der Waals surface area contributed by atoms with Gasteiger partial charge in [-0.15, -0.1) is 0 Å². The lowest BCUT2D eigenvalue weighted by Crippen LogP contribution is -2.48. The average Bonchev–Trinajstić information content (AvgIpc) is 2.44. The first-order valence-electron chi connectivity index (χ1n) is 6.59. The van der Waals surface area contributed by atoms with Gasteiger partial charge in [0.15, 0.2) is 0 Å². The van der Waals surface area contributed by atoms with Gasteiger partial charge in [0, 0.05) is 20.1 Å². The fraction of sp³-hybridized carbons (Fsp3) is 0.750. The standard InChI is InChI=1S/C12H21N3O5/c1-13-10(16)8-14-12(19)15-5-2-9(3-6-15)20-7-4-11(17)18/h9H,2-8H2,1H3,(H,13,16)(H,14,19)(H,17,18). The molecular formula is C12H21N3O5. The van der Waals surface area contributed by atoms with Crippen LogP contribution in [0, 0.1) is 0 Å². The number of piperidine rings is 1. The molecule has 8 nitrogen and oxygen atoms in total. The van der Waals surface area contributed by atoms with Crippen LogP contribution in [0.15, 0.2) is 0 Å². The van der Waals surface area contributed by atoms with E-state index in [9.17, 15) is 14.4 Å². The third kappa shape index (κ3) is 5.87. The van der Waals surface area contributed by atoms with E-state index in [0.717, 1.165) is 0 Å². The monoisotopic (exact) mass is 287 g/mol. The van der Waals surface area contributed by atoms with Crippen LogP contribution in [0.5, 0.6) is 0 Å². The molecule has 0 aromatic carbocycles. The predicted octanol–water partition coefficient (Wildman–Crippen LogP) is -0.602. The molecule has 1 heterocycles. The van der Waals surface area contributed by atoms with Gasteiger partial charge in [-0.3, -0.25) is 9.59 Å². The number of hydrogen-bond acceptors (Lipinski definition) is 4. The van der Waals surface area contributed by atoms with Crippen molar-refractivity contribution in [3.05, 3.63) is 0 Å². The highest BCUT2D eigenvalue weighted by Gasteiger charge is 2.23.